The predicted molar refractivity (Wildman–Crippen MR) is 37.0 cm³/mol. The third-order valence-corrected chi connectivity index (χ3v) is 1.48. The van der Waals surface area contributed by atoms with Crippen LogP contribution < -0.4 is 5.32 Å². The Morgan fingerprint density at radius 1 is 1.67 bits per heavy atom. The molecule has 0 aromatic heterocycles. The van der Waals surface area contributed by atoms with Crippen LogP contribution in [0.1, 0.15) is 19.8 Å². The summed E-state index contributed by atoms with van der Waals surface area (Å²) in [5.74, 6) is 0. The molecule has 2 heteroatoms. The first-order valence-electron chi connectivity index (χ1n) is 3.61. The van der Waals surface area contributed by atoms with Crippen molar-refractivity contribution in [2.24, 2.45) is 0 Å². The van der Waals surface area contributed by atoms with E-state index < -0.39 is 0 Å². The maximum atomic E-state index is 5.34. The molecule has 0 amide bonds. The van der Waals surface area contributed by atoms with Crippen molar-refractivity contribution in [1.82, 2.24) is 5.32 Å². The fourth-order valence-corrected chi connectivity index (χ4v) is 1.05. The Hall–Kier alpha value is -0.0800. The summed E-state index contributed by atoms with van der Waals surface area (Å²) in [7, 11) is 0. The maximum absolute atomic E-state index is 5.34. The van der Waals surface area contributed by atoms with Gasteiger partial charge in [-0.15, -0.1) is 0 Å². The maximum Gasteiger partial charge on any atom is 0.111 e. The van der Waals surface area contributed by atoms with E-state index in [2.05, 4.69) is 5.32 Å². The molecule has 0 aromatic rings. The molecule has 1 aliphatic rings. The third-order valence-electron chi connectivity index (χ3n) is 1.48. The number of piperidine rings is 1. The van der Waals surface area contributed by atoms with Crippen molar-refractivity contribution >= 4 is 0 Å². The van der Waals surface area contributed by atoms with Gasteiger partial charge in [0.25, 0.3) is 0 Å². The van der Waals surface area contributed by atoms with Crippen molar-refractivity contribution < 1.29 is 4.74 Å². The molecule has 1 N–H and O–H groups in total. The van der Waals surface area contributed by atoms with Crippen LogP contribution in [0.4, 0.5) is 0 Å². The van der Waals surface area contributed by atoms with Crippen LogP contribution in [0.3, 0.4) is 0 Å². The average molecular weight is 128 g/mol. The van der Waals surface area contributed by atoms with Crippen LogP contribution in [0.5, 0.6) is 0 Å². The van der Waals surface area contributed by atoms with E-state index in [-0.39, 0.29) is 0 Å². The number of rotatable bonds is 2. The fraction of sp³-hybridized carbons (Fsp3) is 0.857. The molecular weight excluding hydrogens is 114 g/mol. The van der Waals surface area contributed by atoms with E-state index in [1.54, 1.807) is 0 Å². The van der Waals surface area contributed by atoms with Crippen LogP contribution in [-0.4, -0.2) is 19.7 Å². The van der Waals surface area contributed by atoms with Gasteiger partial charge in [-0.25, -0.2) is 0 Å². The second-order valence-electron chi connectivity index (χ2n) is 2.25. The number of ether oxygens (including phenoxy) is 1. The zero-order valence-electron chi connectivity index (χ0n) is 5.94. The highest BCUT2D eigenvalue weighted by Gasteiger charge is 2.12. The Morgan fingerprint density at radius 3 is 3.11 bits per heavy atom. The molecule has 9 heavy (non-hydrogen) atoms. The summed E-state index contributed by atoms with van der Waals surface area (Å²) in [5, 5.41) is 3.26. The molecule has 1 fully saturated rings. The van der Waals surface area contributed by atoms with Crippen molar-refractivity contribution in [2.45, 2.75) is 19.8 Å². The van der Waals surface area contributed by atoms with Crippen molar-refractivity contribution in [1.29, 1.82) is 0 Å². The molecule has 2 nitrogen and oxygen atoms in total. The minimum absolute atomic E-state index is 0.816. The lowest BCUT2D eigenvalue weighted by molar-refractivity contribution is 0.131. The molecule has 0 bridgehead atoms. The van der Waals surface area contributed by atoms with E-state index in [9.17, 15) is 0 Å². The number of nitrogens with one attached hydrogen (secondary N) is 1. The third kappa shape index (κ3) is 2.33. The number of hydrogen-bond donors (Lipinski definition) is 1. The molecule has 1 radical (unpaired) electrons. The van der Waals surface area contributed by atoms with Gasteiger partial charge in [0.1, 0.15) is 6.10 Å². The quantitative estimate of drug-likeness (QED) is 0.597. The summed E-state index contributed by atoms with van der Waals surface area (Å²) < 4.78 is 5.34. The highest BCUT2D eigenvalue weighted by molar-refractivity contribution is 4.85. The van der Waals surface area contributed by atoms with Crippen LogP contribution >= 0.6 is 0 Å². The highest BCUT2D eigenvalue weighted by Crippen LogP contribution is 2.12. The van der Waals surface area contributed by atoms with Crippen LogP contribution in [0.2, 0.25) is 0 Å². The largest absolute Gasteiger partial charge is 0.371 e. The predicted octanol–water partition coefficient (Wildman–Crippen LogP) is 0.938. The summed E-state index contributed by atoms with van der Waals surface area (Å²) in [4.78, 5) is 0. The molecule has 0 unspecified atom stereocenters. The molecule has 0 saturated carbocycles. The molecule has 0 atom stereocenters. The van der Waals surface area contributed by atoms with Gasteiger partial charge in [-0.1, -0.05) is 0 Å². The lowest BCUT2D eigenvalue weighted by Gasteiger charge is -2.20. The van der Waals surface area contributed by atoms with Crippen LogP contribution in [0, 0.1) is 6.10 Å². The topological polar surface area (TPSA) is 21.3 Å². The first-order chi connectivity index (χ1) is 4.43. The van der Waals surface area contributed by atoms with Crippen LogP contribution in [-0.2, 0) is 4.74 Å². The molecule has 0 aromatic carbocycles. The van der Waals surface area contributed by atoms with Gasteiger partial charge in [-0.3, -0.25) is 0 Å². The van der Waals surface area contributed by atoms with Crippen LogP contribution in [0.15, 0.2) is 0 Å². The average Bonchev–Trinajstić information content (AvgIpc) is 1.91. The van der Waals surface area contributed by atoms with Gasteiger partial charge in [0.2, 0.25) is 0 Å². The van der Waals surface area contributed by atoms with E-state index in [4.69, 9.17) is 4.74 Å². The molecule has 0 spiro atoms. The van der Waals surface area contributed by atoms with Crippen LogP contribution in [0.25, 0.3) is 0 Å². The Balaban J connectivity index is 2.08. The van der Waals surface area contributed by atoms with Crippen molar-refractivity contribution in [2.75, 3.05) is 19.7 Å². The summed E-state index contributed by atoms with van der Waals surface area (Å²) in [6, 6.07) is 0. The lowest BCUT2D eigenvalue weighted by atomic mass is 10.1. The Bertz CT molecular complexity index is 66.6. The SMILES string of the molecule is CCO[C]1CCCNC1. The van der Waals surface area contributed by atoms with E-state index in [0.717, 1.165) is 26.1 Å². The summed E-state index contributed by atoms with van der Waals surface area (Å²) >= 11 is 0. The van der Waals surface area contributed by atoms with E-state index in [0.29, 0.717) is 0 Å². The first-order valence-corrected chi connectivity index (χ1v) is 3.61. The molecular formula is C7H14NO. The molecule has 1 heterocycles. The highest BCUT2D eigenvalue weighted by atomic mass is 16.5. The van der Waals surface area contributed by atoms with E-state index in [1.165, 1.54) is 12.5 Å². The van der Waals surface area contributed by atoms with Gasteiger partial charge in [0.15, 0.2) is 0 Å². The first kappa shape index (κ1) is 7.03. The van der Waals surface area contributed by atoms with E-state index >= 15 is 0 Å². The van der Waals surface area contributed by atoms with Gasteiger partial charge < -0.3 is 10.1 Å². The van der Waals surface area contributed by atoms with Crippen molar-refractivity contribution in [3.05, 3.63) is 6.10 Å². The molecule has 1 aliphatic heterocycles. The van der Waals surface area contributed by atoms with Gasteiger partial charge >= 0.3 is 0 Å². The zero-order valence-corrected chi connectivity index (χ0v) is 5.94. The minimum atomic E-state index is 0.816. The molecule has 53 valence electrons. The van der Waals surface area contributed by atoms with Gasteiger partial charge in [0.05, 0.1) is 0 Å². The normalized spacial score (nSPS) is 22.3. The zero-order chi connectivity index (χ0) is 6.53. The monoisotopic (exact) mass is 128 g/mol. The molecule has 0 aliphatic carbocycles. The second-order valence-corrected chi connectivity index (χ2v) is 2.25. The molecule has 1 rings (SSSR count). The number of hydrogen-bond acceptors (Lipinski definition) is 2. The lowest BCUT2D eigenvalue weighted by Crippen LogP contribution is -2.29. The minimum Gasteiger partial charge on any atom is -0.371 e. The van der Waals surface area contributed by atoms with E-state index in [1.807, 2.05) is 6.92 Å². The van der Waals surface area contributed by atoms with Crippen molar-refractivity contribution in [3.63, 3.8) is 0 Å². The summed E-state index contributed by atoms with van der Waals surface area (Å²) in [6.45, 7) is 4.96. The summed E-state index contributed by atoms with van der Waals surface area (Å²) in [6.07, 6.45) is 3.61. The smallest absolute Gasteiger partial charge is 0.111 e. The Labute approximate surface area is 56.6 Å². The summed E-state index contributed by atoms with van der Waals surface area (Å²) in [5.41, 5.74) is 0. The second kappa shape index (κ2) is 3.85. The molecule has 1 saturated heterocycles. The fourth-order valence-electron chi connectivity index (χ4n) is 1.05. The standard InChI is InChI=1S/C7H14NO/c1-2-9-7-4-3-5-8-6-7/h8H,2-6H2,1H3. The van der Waals surface area contributed by atoms with Gasteiger partial charge in [-0.05, 0) is 26.3 Å². The van der Waals surface area contributed by atoms with Crippen molar-refractivity contribution in [3.8, 4) is 0 Å². The Morgan fingerprint density at radius 2 is 2.56 bits per heavy atom. The Kier molecular flexibility index (Phi) is 3.01. The van der Waals surface area contributed by atoms with Gasteiger partial charge in [0, 0.05) is 13.2 Å². The van der Waals surface area contributed by atoms with Gasteiger partial charge in [-0.2, -0.15) is 0 Å².